The van der Waals surface area contributed by atoms with Crippen molar-refractivity contribution in [1.29, 1.82) is 0 Å². The van der Waals surface area contributed by atoms with Crippen LogP contribution in [0.3, 0.4) is 0 Å². The van der Waals surface area contributed by atoms with Crippen molar-refractivity contribution in [1.82, 2.24) is 5.32 Å². The molecule has 1 saturated heterocycles. The molecule has 2 unspecified atom stereocenters. The molecule has 1 N–H and O–H groups in total. The summed E-state index contributed by atoms with van der Waals surface area (Å²) in [5, 5.41) is 4.51. The third-order valence-electron chi connectivity index (χ3n) is 3.64. The highest BCUT2D eigenvalue weighted by molar-refractivity contribution is 8.00. The van der Waals surface area contributed by atoms with Crippen LogP contribution in [-0.4, -0.2) is 17.5 Å². The molecule has 0 aromatic heterocycles. The fraction of sp³-hybridized carbons (Fsp3) is 0.625. The first-order chi connectivity index (χ1) is 8.81. The van der Waals surface area contributed by atoms with Crippen LogP contribution in [0.2, 0.25) is 0 Å². The number of hydrogen-bond donors (Lipinski definition) is 1. The summed E-state index contributed by atoms with van der Waals surface area (Å²) in [6.45, 7) is 5.52. The molecule has 0 bridgehead atoms. The Balaban J connectivity index is 2.10. The van der Waals surface area contributed by atoms with Crippen molar-refractivity contribution < 1.29 is 0 Å². The second kappa shape index (κ2) is 7.20. The van der Waals surface area contributed by atoms with Crippen molar-refractivity contribution in [3.05, 3.63) is 35.4 Å². The number of nitrogens with one attached hydrogen (secondary N) is 1. The van der Waals surface area contributed by atoms with E-state index in [1.807, 2.05) is 0 Å². The summed E-state index contributed by atoms with van der Waals surface area (Å²) in [6.07, 6.45) is 5.36. The summed E-state index contributed by atoms with van der Waals surface area (Å²) >= 11 is 2.16. The van der Waals surface area contributed by atoms with Gasteiger partial charge in [-0.3, -0.25) is 0 Å². The Morgan fingerprint density at radius 1 is 1.28 bits per heavy atom. The largest absolute Gasteiger partial charge is 0.309 e. The molecule has 2 heteroatoms. The van der Waals surface area contributed by atoms with E-state index in [-0.39, 0.29) is 0 Å². The van der Waals surface area contributed by atoms with Gasteiger partial charge in [0.05, 0.1) is 0 Å². The van der Waals surface area contributed by atoms with Crippen LogP contribution < -0.4 is 5.32 Å². The minimum Gasteiger partial charge on any atom is -0.309 e. The molecule has 2 atom stereocenters. The molecular formula is C16H25NS. The van der Waals surface area contributed by atoms with Crippen molar-refractivity contribution in [3.63, 3.8) is 0 Å². The van der Waals surface area contributed by atoms with Gasteiger partial charge in [0.25, 0.3) is 0 Å². The summed E-state index contributed by atoms with van der Waals surface area (Å²) in [5.74, 6) is 1.33. The van der Waals surface area contributed by atoms with Crippen molar-refractivity contribution in [2.45, 2.75) is 50.8 Å². The molecule has 0 saturated carbocycles. The second-order valence-electron chi connectivity index (χ2n) is 5.25. The van der Waals surface area contributed by atoms with Gasteiger partial charge in [0.2, 0.25) is 0 Å². The molecule has 1 heterocycles. The van der Waals surface area contributed by atoms with Crippen molar-refractivity contribution >= 4 is 11.8 Å². The van der Waals surface area contributed by atoms with Gasteiger partial charge in [-0.1, -0.05) is 43.2 Å². The van der Waals surface area contributed by atoms with Gasteiger partial charge in [0, 0.05) is 11.3 Å². The van der Waals surface area contributed by atoms with E-state index in [9.17, 15) is 0 Å². The highest BCUT2D eigenvalue weighted by Crippen LogP contribution is 2.34. The number of benzene rings is 1. The predicted molar refractivity (Wildman–Crippen MR) is 82.3 cm³/mol. The van der Waals surface area contributed by atoms with E-state index in [0.29, 0.717) is 6.04 Å². The predicted octanol–water partition coefficient (Wildman–Crippen LogP) is 4.32. The lowest BCUT2D eigenvalue weighted by Crippen LogP contribution is -2.32. The van der Waals surface area contributed by atoms with Crippen molar-refractivity contribution in [2.75, 3.05) is 12.3 Å². The molecule has 0 radical (unpaired) electrons. The van der Waals surface area contributed by atoms with Crippen molar-refractivity contribution in [2.24, 2.45) is 0 Å². The third kappa shape index (κ3) is 3.76. The average molecular weight is 263 g/mol. The monoisotopic (exact) mass is 263 g/mol. The smallest absolute Gasteiger partial charge is 0.0440 e. The lowest BCUT2D eigenvalue weighted by Gasteiger charge is -2.31. The third-order valence-corrected chi connectivity index (χ3v) is 5.10. The molecule has 2 rings (SSSR count). The van der Waals surface area contributed by atoms with E-state index < -0.39 is 0 Å². The van der Waals surface area contributed by atoms with E-state index in [1.54, 1.807) is 0 Å². The zero-order valence-electron chi connectivity index (χ0n) is 11.6. The molecule has 18 heavy (non-hydrogen) atoms. The standard InChI is InChI=1S/C16H25NS/c1-3-11-17-16(15-6-4-5-12-18-15)14-9-7-13(2)8-10-14/h7-10,15-17H,3-6,11-12H2,1-2H3. The average Bonchev–Trinajstić information content (AvgIpc) is 2.42. The molecule has 1 aliphatic heterocycles. The molecule has 1 aromatic rings. The quantitative estimate of drug-likeness (QED) is 0.849. The number of hydrogen-bond acceptors (Lipinski definition) is 2. The molecule has 1 aliphatic rings. The molecular weight excluding hydrogens is 238 g/mol. The molecule has 0 amide bonds. The molecule has 100 valence electrons. The Morgan fingerprint density at radius 3 is 2.67 bits per heavy atom. The SMILES string of the molecule is CCCNC(c1ccc(C)cc1)C1CCCCS1. The highest BCUT2D eigenvalue weighted by atomic mass is 32.2. The zero-order valence-corrected chi connectivity index (χ0v) is 12.4. The van der Waals surface area contributed by atoms with E-state index in [0.717, 1.165) is 11.8 Å². The molecule has 1 fully saturated rings. The number of aryl methyl sites for hydroxylation is 1. The summed E-state index contributed by atoms with van der Waals surface area (Å²) < 4.78 is 0. The van der Waals surface area contributed by atoms with Gasteiger partial charge in [-0.05, 0) is 44.0 Å². The summed E-state index contributed by atoms with van der Waals surface area (Å²) in [4.78, 5) is 0. The Bertz CT molecular complexity index is 341. The molecule has 1 nitrogen and oxygen atoms in total. The van der Waals surface area contributed by atoms with Gasteiger partial charge in [-0.15, -0.1) is 0 Å². The number of thioether (sulfide) groups is 1. The summed E-state index contributed by atoms with van der Waals surface area (Å²) in [7, 11) is 0. The Hall–Kier alpha value is -0.470. The fourth-order valence-corrected chi connectivity index (χ4v) is 4.02. The zero-order chi connectivity index (χ0) is 12.8. The maximum absolute atomic E-state index is 3.75. The van der Waals surface area contributed by atoms with Gasteiger partial charge in [0.1, 0.15) is 0 Å². The minimum atomic E-state index is 0.538. The van der Waals surface area contributed by atoms with E-state index in [2.05, 4.69) is 55.2 Å². The summed E-state index contributed by atoms with van der Waals surface area (Å²) in [5.41, 5.74) is 2.82. The fourth-order valence-electron chi connectivity index (χ4n) is 2.57. The maximum atomic E-state index is 3.75. The van der Waals surface area contributed by atoms with Crippen LogP contribution in [0.25, 0.3) is 0 Å². The van der Waals surface area contributed by atoms with Gasteiger partial charge in [-0.25, -0.2) is 0 Å². The van der Waals surface area contributed by atoms with Crippen LogP contribution in [-0.2, 0) is 0 Å². The highest BCUT2D eigenvalue weighted by Gasteiger charge is 2.24. The van der Waals surface area contributed by atoms with E-state index in [1.165, 1.54) is 42.6 Å². The van der Waals surface area contributed by atoms with Crippen LogP contribution in [0.1, 0.15) is 49.8 Å². The van der Waals surface area contributed by atoms with E-state index in [4.69, 9.17) is 0 Å². The first kappa shape index (κ1) is 14.0. The van der Waals surface area contributed by atoms with Crippen molar-refractivity contribution in [3.8, 4) is 0 Å². The molecule has 0 spiro atoms. The Kier molecular flexibility index (Phi) is 5.58. The van der Waals surface area contributed by atoms with Crippen LogP contribution >= 0.6 is 11.8 Å². The Labute approximate surface area is 116 Å². The van der Waals surface area contributed by atoms with Crippen LogP contribution in [0.4, 0.5) is 0 Å². The van der Waals surface area contributed by atoms with Crippen LogP contribution in [0, 0.1) is 6.92 Å². The topological polar surface area (TPSA) is 12.0 Å². The lowest BCUT2D eigenvalue weighted by molar-refractivity contribution is 0.479. The molecule has 0 aliphatic carbocycles. The Morgan fingerprint density at radius 2 is 2.06 bits per heavy atom. The normalized spacial score (nSPS) is 21.8. The van der Waals surface area contributed by atoms with Gasteiger partial charge < -0.3 is 5.32 Å². The van der Waals surface area contributed by atoms with E-state index >= 15 is 0 Å². The minimum absolute atomic E-state index is 0.538. The van der Waals surface area contributed by atoms with Crippen LogP contribution in [0.5, 0.6) is 0 Å². The first-order valence-corrected chi connectivity index (χ1v) is 8.27. The lowest BCUT2D eigenvalue weighted by atomic mass is 9.98. The number of rotatable bonds is 5. The van der Waals surface area contributed by atoms with Gasteiger partial charge in [0.15, 0.2) is 0 Å². The van der Waals surface area contributed by atoms with Crippen LogP contribution in [0.15, 0.2) is 24.3 Å². The maximum Gasteiger partial charge on any atom is 0.0440 e. The van der Waals surface area contributed by atoms with Gasteiger partial charge in [-0.2, -0.15) is 11.8 Å². The second-order valence-corrected chi connectivity index (χ2v) is 6.59. The summed E-state index contributed by atoms with van der Waals surface area (Å²) in [6, 6.07) is 9.62. The first-order valence-electron chi connectivity index (χ1n) is 7.23. The van der Waals surface area contributed by atoms with Gasteiger partial charge >= 0.3 is 0 Å². The molecule has 1 aromatic carbocycles.